The van der Waals surface area contributed by atoms with Gasteiger partial charge in [-0.25, -0.2) is 0 Å². The zero-order valence-corrected chi connectivity index (χ0v) is 10.9. The molecule has 1 N–H and O–H groups in total. The lowest BCUT2D eigenvalue weighted by molar-refractivity contribution is 0.0987. The van der Waals surface area contributed by atoms with Crippen molar-refractivity contribution in [1.82, 2.24) is 5.32 Å². The summed E-state index contributed by atoms with van der Waals surface area (Å²) in [5.74, 6) is 0. The molecule has 1 aliphatic heterocycles. The molecule has 1 saturated heterocycles. The fraction of sp³-hybridized carbons (Fsp3) is 0.538. The summed E-state index contributed by atoms with van der Waals surface area (Å²) in [6.45, 7) is 7.24. The van der Waals surface area contributed by atoms with Crippen molar-refractivity contribution in [1.29, 1.82) is 0 Å². The zero-order chi connectivity index (χ0) is 10.9. The molecule has 1 atom stereocenters. The summed E-state index contributed by atoms with van der Waals surface area (Å²) < 4.78 is 5.69. The van der Waals surface area contributed by atoms with E-state index in [4.69, 9.17) is 4.74 Å². The van der Waals surface area contributed by atoms with E-state index in [0.717, 1.165) is 13.0 Å². The van der Waals surface area contributed by atoms with Crippen molar-refractivity contribution in [3.63, 3.8) is 0 Å². The molecule has 0 spiro atoms. The molecule has 0 saturated carbocycles. The van der Waals surface area contributed by atoms with Crippen LogP contribution in [-0.2, 0) is 11.2 Å². The molecule has 3 heteroatoms. The number of ether oxygens (including phenoxy) is 1. The predicted octanol–water partition coefficient (Wildman–Crippen LogP) is 2.68. The fourth-order valence-corrected chi connectivity index (χ4v) is 1.88. The number of hydrogen-bond acceptors (Lipinski definition) is 2. The van der Waals surface area contributed by atoms with Crippen molar-refractivity contribution in [2.45, 2.75) is 39.0 Å². The van der Waals surface area contributed by atoms with Crippen molar-refractivity contribution >= 4 is 12.4 Å². The molecule has 2 nitrogen and oxygen atoms in total. The van der Waals surface area contributed by atoms with Gasteiger partial charge in [-0.2, -0.15) is 0 Å². The van der Waals surface area contributed by atoms with Gasteiger partial charge in [0.25, 0.3) is 0 Å². The lowest BCUT2D eigenvalue weighted by Gasteiger charge is -2.17. The van der Waals surface area contributed by atoms with Gasteiger partial charge in [0.15, 0.2) is 0 Å². The van der Waals surface area contributed by atoms with E-state index in [1.54, 1.807) is 0 Å². The molecule has 1 heterocycles. The second kappa shape index (κ2) is 5.17. The zero-order valence-electron chi connectivity index (χ0n) is 10.1. The predicted molar refractivity (Wildman–Crippen MR) is 69.1 cm³/mol. The second-order valence-electron chi connectivity index (χ2n) is 5.02. The Hall–Kier alpha value is -0.570. The highest BCUT2D eigenvalue weighted by Gasteiger charge is 2.30. The number of nitrogens with one attached hydrogen (secondary N) is 1. The van der Waals surface area contributed by atoms with Crippen LogP contribution in [0.1, 0.15) is 25.0 Å². The Morgan fingerprint density at radius 3 is 2.44 bits per heavy atom. The summed E-state index contributed by atoms with van der Waals surface area (Å²) in [6, 6.07) is 8.64. The van der Waals surface area contributed by atoms with Crippen molar-refractivity contribution < 1.29 is 4.74 Å². The van der Waals surface area contributed by atoms with Crippen molar-refractivity contribution in [2.24, 2.45) is 0 Å². The Bertz CT molecular complexity index is 334. The highest BCUT2D eigenvalue weighted by Crippen LogP contribution is 2.17. The molecule has 16 heavy (non-hydrogen) atoms. The molecule has 1 aromatic rings. The third-order valence-corrected chi connectivity index (χ3v) is 2.74. The number of benzene rings is 1. The van der Waals surface area contributed by atoms with Gasteiger partial charge in [-0.15, -0.1) is 12.4 Å². The first-order valence-corrected chi connectivity index (χ1v) is 5.50. The quantitative estimate of drug-likeness (QED) is 0.860. The standard InChI is InChI=1S/C13H19NO.ClH/c1-10-4-6-11(7-5-10)8-12-14-13(2,3)9-15-12;/h4-7,12,14H,8-9H2,1-3H3;1H. The van der Waals surface area contributed by atoms with Crippen LogP contribution < -0.4 is 5.32 Å². The number of aryl methyl sites for hydroxylation is 1. The summed E-state index contributed by atoms with van der Waals surface area (Å²) in [7, 11) is 0. The molecule has 0 radical (unpaired) electrons. The van der Waals surface area contributed by atoms with Gasteiger partial charge in [-0.1, -0.05) is 29.8 Å². The first-order chi connectivity index (χ1) is 7.05. The lowest BCUT2D eigenvalue weighted by Crippen LogP contribution is -2.39. The Morgan fingerprint density at radius 1 is 1.31 bits per heavy atom. The van der Waals surface area contributed by atoms with E-state index in [1.807, 2.05) is 0 Å². The number of halogens is 1. The van der Waals surface area contributed by atoms with Gasteiger partial charge < -0.3 is 4.74 Å². The maximum Gasteiger partial charge on any atom is 0.112 e. The summed E-state index contributed by atoms with van der Waals surface area (Å²) >= 11 is 0. The molecular formula is C13H20ClNO. The van der Waals surface area contributed by atoms with E-state index in [-0.39, 0.29) is 24.2 Å². The van der Waals surface area contributed by atoms with Crippen LogP contribution >= 0.6 is 12.4 Å². The number of rotatable bonds is 2. The van der Waals surface area contributed by atoms with Gasteiger partial charge in [-0.3, -0.25) is 5.32 Å². The van der Waals surface area contributed by atoms with E-state index in [1.165, 1.54) is 11.1 Å². The molecule has 2 rings (SSSR count). The molecule has 1 aromatic carbocycles. The molecule has 1 aliphatic rings. The monoisotopic (exact) mass is 241 g/mol. The minimum absolute atomic E-state index is 0. The topological polar surface area (TPSA) is 21.3 Å². The first-order valence-electron chi connectivity index (χ1n) is 5.50. The Kier molecular flexibility index (Phi) is 4.36. The molecule has 0 aliphatic carbocycles. The first kappa shape index (κ1) is 13.5. The van der Waals surface area contributed by atoms with Crippen LogP contribution in [0.3, 0.4) is 0 Å². The summed E-state index contributed by atoms with van der Waals surface area (Å²) in [6.07, 6.45) is 1.12. The molecule has 1 fully saturated rings. The maximum atomic E-state index is 5.69. The van der Waals surface area contributed by atoms with Gasteiger partial charge in [0.1, 0.15) is 6.23 Å². The SMILES string of the molecule is Cc1ccc(CC2NC(C)(C)CO2)cc1.Cl. The highest BCUT2D eigenvalue weighted by molar-refractivity contribution is 5.85. The van der Waals surface area contributed by atoms with Gasteiger partial charge in [-0.05, 0) is 26.3 Å². The van der Waals surface area contributed by atoms with Crippen molar-refractivity contribution in [3.8, 4) is 0 Å². The maximum absolute atomic E-state index is 5.69. The third-order valence-electron chi connectivity index (χ3n) is 2.74. The minimum atomic E-state index is 0. The van der Waals surface area contributed by atoms with Crippen LogP contribution in [-0.4, -0.2) is 18.4 Å². The van der Waals surface area contributed by atoms with Crippen LogP contribution in [0.25, 0.3) is 0 Å². The molecule has 0 bridgehead atoms. The molecule has 1 unspecified atom stereocenters. The molecule has 0 amide bonds. The van der Waals surface area contributed by atoms with Gasteiger partial charge >= 0.3 is 0 Å². The molecular weight excluding hydrogens is 222 g/mol. The minimum Gasteiger partial charge on any atom is -0.361 e. The lowest BCUT2D eigenvalue weighted by atomic mass is 10.1. The Labute approximate surface area is 104 Å². The summed E-state index contributed by atoms with van der Waals surface area (Å²) in [4.78, 5) is 0. The van der Waals surface area contributed by atoms with Crippen LogP contribution in [0.4, 0.5) is 0 Å². The average molecular weight is 242 g/mol. The van der Waals surface area contributed by atoms with E-state index in [9.17, 15) is 0 Å². The van der Waals surface area contributed by atoms with E-state index in [2.05, 4.69) is 50.4 Å². The van der Waals surface area contributed by atoms with E-state index < -0.39 is 0 Å². The fourth-order valence-electron chi connectivity index (χ4n) is 1.88. The molecule has 0 aromatic heterocycles. The Balaban J connectivity index is 0.00000128. The largest absolute Gasteiger partial charge is 0.361 e. The van der Waals surface area contributed by atoms with Crippen LogP contribution in [0.2, 0.25) is 0 Å². The summed E-state index contributed by atoms with van der Waals surface area (Å²) in [5, 5.41) is 3.47. The van der Waals surface area contributed by atoms with Crippen molar-refractivity contribution in [3.05, 3.63) is 35.4 Å². The Morgan fingerprint density at radius 2 is 1.94 bits per heavy atom. The van der Waals surface area contributed by atoms with E-state index in [0.29, 0.717) is 0 Å². The third kappa shape index (κ3) is 3.48. The van der Waals surface area contributed by atoms with Gasteiger partial charge in [0.2, 0.25) is 0 Å². The average Bonchev–Trinajstić information content (AvgIpc) is 2.50. The van der Waals surface area contributed by atoms with Crippen LogP contribution in [0, 0.1) is 6.92 Å². The highest BCUT2D eigenvalue weighted by atomic mass is 35.5. The normalized spacial score (nSPS) is 22.8. The number of hydrogen-bond donors (Lipinski definition) is 1. The van der Waals surface area contributed by atoms with E-state index >= 15 is 0 Å². The van der Waals surface area contributed by atoms with Crippen molar-refractivity contribution in [2.75, 3.05) is 6.61 Å². The van der Waals surface area contributed by atoms with Gasteiger partial charge in [0, 0.05) is 12.0 Å². The van der Waals surface area contributed by atoms with Gasteiger partial charge in [0.05, 0.1) is 6.61 Å². The van der Waals surface area contributed by atoms with Crippen LogP contribution in [0.5, 0.6) is 0 Å². The molecule has 90 valence electrons. The van der Waals surface area contributed by atoms with Crippen LogP contribution in [0.15, 0.2) is 24.3 Å². The second-order valence-corrected chi connectivity index (χ2v) is 5.02. The smallest absolute Gasteiger partial charge is 0.112 e. The summed E-state index contributed by atoms with van der Waals surface area (Å²) in [5.41, 5.74) is 2.75.